The van der Waals surface area contributed by atoms with E-state index in [0.29, 0.717) is 17.7 Å². The van der Waals surface area contributed by atoms with E-state index in [2.05, 4.69) is 20.3 Å². The van der Waals surface area contributed by atoms with E-state index in [9.17, 15) is 4.79 Å². The highest BCUT2D eigenvalue weighted by atomic mass is 16.2. The van der Waals surface area contributed by atoms with Crippen LogP contribution in [0.1, 0.15) is 36.2 Å². The predicted molar refractivity (Wildman–Crippen MR) is 73.1 cm³/mol. The lowest BCUT2D eigenvalue weighted by molar-refractivity contribution is 0.0731. The van der Waals surface area contributed by atoms with E-state index >= 15 is 0 Å². The van der Waals surface area contributed by atoms with Gasteiger partial charge in [-0.25, -0.2) is 0 Å². The van der Waals surface area contributed by atoms with Crippen LogP contribution in [0, 0.1) is 11.8 Å². The lowest BCUT2D eigenvalue weighted by Gasteiger charge is -2.36. The summed E-state index contributed by atoms with van der Waals surface area (Å²) < 4.78 is 0. The number of piperidine rings is 1. The number of hydrogen-bond acceptors (Lipinski definition) is 4. The average Bonchev–Trinajstić information content (AvgIpc) is 3.18. The van der Waals surface area contributed by atoms with Gasteiger partial charge in [-0.05, 0) is 37.5 Å². The largest absolute Gasteiger partial charge is 0.335 e. The number of amides is 1. The van der Waals surface area contributed by atoms with Gasteiger partial charge in [-0.1, -0.05) is 0 Å². The van der Waals surface area contributed by atoms with Crippen molar-refractivity contribution in [3.63, 3.8) is 0 Å². The molecule has 1 aliphatic carbocycles. The Hall–Kier alpha value is -1.43. The van der Waals surface area contributed by atoms with Gasteiger partial charge in [0.1, 0.15) is 0 Å². The molecule has 4 aliphatic rings. The zero-order valence-electron chi connectivity index (χ0n) is 11.7. The Balaban J connectivity index is 1.49. The minimum atomic E-state index is 0.0314. The molecule has 4 heterocycles. The van der Waals surface area contributed by atoms with Crippen LogP contribution in [0.15, 0.2) is 6.20 Å². The molecule has 1 N–H and O–H groups in total. The minimum absolute atomic E-state index is 0.0314. The number of nitrogens with zero attached hydrogens (tertiary/aromatic N) is 4. The minimum Gasteiger partial charge on any atom is -0.335 e. The second kappa shape index (κ2) is 4.84. The number of H-pyrrole nitrogens is 1. The Bertz CT molecular complexity index is 484. The molecule has 6 nitrogen and oxygen atoms in total. The fourth-order valence-corrected chi connectivity index (χ4v) is 3.67. The molecule has 3 saturated heterocycles. The van der Waals surface area contributed by atoms with Crippen LogP contribution in [0.25, 0.3) is 0 Å². The van der Waals surface area contributed by atoms with E-state index in [0.717, 1.165) is 19.0 Å². The van der Waals surface area contributed by atoms with Crippen molar-refractivity contribution in [2.45, 2.75) is 31.7 Å². The number of fused-ring (bicyclic) bond motifs is 4. The van der Waals surface area contributed by atoms with E-state index in [4.69, 9.17) is 0 Å². The maximum atomic E-state index is 12.5. The molecule has 2 bridgehead atoms. The van der Waals surface area contributed by atoms with Crippen LogP contribution in [0.5, 0.6) is 0 Å². The highest BCUT2D eigenvalue weighted by molar-refractivity contribution is 5.92. The highest BCUT2D eigenvalue weighted by Crippen LogP contribution is 2.34. The fraction of sp³-hybridized carbons (Fsp3) is 0.786. The first kappa shape index (κ1) is 12.3. The lowest BCUT2D eigenvalue weighted by atomic mass is 9.95. The summed E-state index contributed by atoms with van der Waals surface area (Å²) in [6.45, 7) is 4.15. The number of aromatic amines is 1. The van der Waals surface area contributed by atoms with Crippen molar-refractivity contribution >= 4 is 5.91 Å². The van der Waals surface area contributed by atoms with Crippen LogP contribution in [-0.2, 0) is 0 Å². The van der Waals surface area contributed by atoms with Crippen LogP contribution in [0.3, 0.4) is 0 Å². The Kier molecular flexibility index (Phi) is 2.98. The number of aromatic nitrogens is 3. The Morgan fingerprint density at radius 2 is 2.15 bits per heavy atom. The zero-order valence-corrected chi connectivity index (χ0v) is 11.7. The normalized spacial score (nSPS) is 30.5. The topological polar surface area (TPSA) is 65.1 Å². The van der Waals surface area contributed by atoms with Gasteiger partial charge in [0.2, 0.25) is 0 Å². The fourth-order valence-electron chi connectivity index (χ4n) is 3.67. The van der Waals surface area contributed by atoms with Crippen LogP contribution in [0.2, 0.25) is 0 Å². The Labute approximate surface area is 118 Å². The summed E-state index contributed by atoms with van der Waals surface area (Å²) in [4.78, 5) is 17.1. The first-order valence-electron chi connectivity index (χ1n) is 7.68. The van der Waals surface area contributed by atoms with Gasteiger partial charge in [-0.15, -0.1) is 0 Å². The second-order valence-corrected chi connectivity index (χ2v) is 6.56. The van der Waals surface area contributed by atoms with Crippen molar-refractivity contribution in [2.75, 3.05) is 26.2 Å². The van der Waals surface area contributed by atoms with Crippen LogP contribution >= 0.6 is 0 Å². The van der Waals surface area contributed by atoms with Crippen molar-refractivity contribution in [3.8, 4) is 0 Å². The van der Waals surface area contributed by atoms with Crippen molar-refractivity contribution in [3.05, 3.63) is 11.9 Å². The van der Waals surface area contributed by atoms with E-state index < -0.39 is 0 Å². The van der Waals surface area contributed by atoms with Gasteiger partial charge in [0.25, 0.3) is 5.91 Å². The van der Waals surface area contributed by atoms with E-state index in [-0.39, 0.29) is 5.91 Å². The van der Waals surface area contributed by atoms with E-state index in [1.165, 1.54) is 45.0 Å². The molecular formula is C14H21N5O. The summed E-state index contributed by atoms with van der Waals surface area (Å²) >= 11 is 0. The number of hydrogen-bond donors (Lipinski definition) is 1. The molecule has 1 aromatic rings. The van der Waals surface area contributed by atoms with Crippen LogP contribution < -0.4 is 0 Å². The molecule has 1 saturated carbocycles. The van der Waals surface area contributed by atoms with E-state index in [1.54, 1.807) is 0 Å². The molecule has 0 radical (unpaired) electrons. The molecule has 0 aromatic carbocycles. The molecule has 2 atom stereocenters. The molecule has 4 fully saturated rings. The Morgan fingerprint density at radius 3 is 2.90 bits per heavy atom. The summed E-state index contributed by atoms with van der Waals surface area (Å²) in [6, 6.07) is 0.546. The molecule has 5 rings (SSSR count). The third-order valence-corrected chi connectivity index (χ3v) is 4.94. The molecule has 6 heteroatoms. The third kappa shape index (κ3) is 2.32. The Morgan fingerprint density at radius 1 is 1.25 bits per heavy atom. The standard InChI is InChI=1S/C14H21N5O/c20-14(13-5-15-17-16-13)19-8-11-3-4-12(9-19)18(7-11)6-10-1-2-10/h5,10-12H,1-4,6-9H2,(H,15,16,17)/t11-,12-/m1/s1. The number of carbonyl (C=O) groups excluding carboxylic acids is 1. The smallest absolute Gasteiger partial charge is 0.276 e. The molecule has 1 aromatic heterocycles. The number of nitrogens with one attached hydrogen (secondary N) is 1. The lowest BCUT2D eigenvalue weighted by Crippen LogP contribution is -2.45. The summed E-state index contributed by atoms with van der Waals surface area (Å²) in [5.74, 6) is 1.58. The maximum absolute atomic E-state index is 12.5. The van der Waals surface area contributed by atoms with Crippen molar-refractivity contribution < 1.29 is 4.79 Å². The van der Waals surface area contributed by atoms with Gasteiger partial charge in [0.15, 0.2) is 5.69 Å². The SMILES string of the molecule is O=C(c1cn[nH]n1)N1C[C@@H]2CC[C@H](C1)N(CC1CC1)C2. The summed E-state index contributed by atoms with van der Waals surface area (Å²) in [5, 5.41) is 10.2. The summed E-state index contributed by atoms with van der Waals surface area (Å²) in [7, 11) is 0. The van der Waals surface area contributed by atoms with Gasteiger partial charge >= 0.3 is 0 Å². The molecule has 0 spiro atoms. The van der Waals surface area contributed by atoms with Crippen molar-refractivity contribution in [1.82, 2.24) is 25.2 Å². The number of rotatable bonds is 3. The van der Waals surface area contributed by atoms with Gasteiger partial charge < -0.3 is 4.90 Å². The summed E-state index contributed by atoms with van der Waals surface area (Å²) in [6.07, 6.45) is 6.82. The van der Waals surface area contributed by atoms with Crippen LogP contribution in [-0.4, -0.2) is 63.3 Å². The molecular weight excluding hydrogens is 254 g/mol. The van der Waals surface area contributed by atoms with Gasteiger partial charge in [0, 0.05) is 32.2 Å². The summed E-state index contributed by atoms with van der Waals surface area (Å²) in [5.41, 5.74) is 0.444. The molecule has 1 amide bonds. The first-order valence-corrected chi connectivity index (χ1v) is 7.68. The van der Waals surface area contributed by atoms with Crippen LogP contribution in [0.4, 0.5) is 0 Å². The predicted octanol–water partition coefficient (Wildman–Crippen LogP) is 0.751. The molecule has 108 valence electrons. The van der Waals surface area contributed by atoms with Crippen molar-refractivity contribution in [1.29, 1.82) is 0 Å². The van der Waals surface area contributed by atoms with E-state index in [1.807, 2.05) is 4.90 Å². The van der Waals surface area contributed by atoms with Crippen molar-refractivity contribution in [2.24, 2.45) is 11.8 Å². The third-order valence-electron chi connectivity index (χ3n) is 4.94. The molecule has 20 heavy (non-hydrogen) atoms. The van der Waals surface area contributed by atoms with Gasteiger partial charge in [0.05, 0.1) is 6.20 Å². The monoisotopic (exact) mass is 275 g/mol. The zero-order chi connectivity index (χ0) is 13.5. The molecule has 3 aliphatic heterocycles. The molecule has 0 unspecified atom stereocenters. The first-order chi connectivity index (χ1) is 9.79. The second-order valence-electron chi connectivity index (χ2n) is 6.56. The number of carbonyl (C=O) groups is 1. The maximum Gasteiger partial charge on any atom is 0.276 e. The highest BCUT2D eigenvalue weighted by Gasteiger charge is 2.38. The average molecular weight is 275 g/mol. The van der Waals surface area contributed by atoms with Gasteiger partial charge in [-0.3, -0.25) is 9.69 Å². The van der Waals surface area contributed by atoms with Gasteiger partial charge in [-0.2, -0.15) is 15.4 Å². The quantitative estimate of drug-likeness (QED) is 0.884.